The van der Waals surface area contributed by atoms with Gasteiger partial charge in [0.1, 0.15) is 0 Å². The first-order valence-corrected chi connectivity index (χ1v) is 9.40. The summed E-state index contributed by atoms with van der Waals surface area (Å²) in [7, 11) is 0. The van der Waals surface area contributed by atoms with Crippen LogP contribution in [0.15, 0.2) is 78.9 Å². The van der Waals surface area contributed by atoms with Crippen LogP contribution in [0.2, 0.25) is 5.02 Å². The molecule has 0 aliphatic heterocycles. The number of halogens is 1. The molecular formula is C23H21ClN2O2. The highest BCUT2D eigenvalue weighted by Gasteiger charge is 2.13. The molecule has 0 spiro atoms. The largest absolute Gasteiger partial charge is 0.348 e. The third-order valence-corrected chi connectivity index (χ3v) is 4.76. The van der Waals surface area contributed by atoms with E-state index in [2.05, 4.69) is 10.6 Å². The van der Waals surface area contributed by atoms with Crippen molar-refractivity contribution in [1.29, 1.82) is 0 Å². The summed E-state index contributed by atoms with van der Waals surface area (Å²) in [6.45, 7) is 1.75. The van der Waals surface area contributed by atoms with E-state index >= 15 is 0 Å². The van der Waals surface area contributed by atoms with Crippen LogP contribution in [0.3, 0.4) is 0 Å². The Morgan fingerprint density at radius 3 is 2.14 bits per heavy atom. The van der Waals surface area contributed by atoms with Crippen LogP contribution in [0.4, 0.5) is 0 Å². The van der Waals surface area contributed by atoms with Crippen molar-refractivity contribution in [2.45, 2.75) is 13.0 Å². The molecule has 1 atom stereocenters. The number of carbonyl (C=O) groups excluding carboxylic acids is 2. The van der Waals surface area contributed by atoms with Crippen molar-refractivity contribution in [3.63, 3.8) is 0 Å². The van der Waals surface area contributed by atoms with Crippen molar-refractivity contribution >= 4 is 23.4 Å². The third-order valence-electron chi connectivity index (χ3n) is 4.41. The molecule has 0 saturated carbocycles. The molecule has 4 nitrogen and oxygen atoms in total. The highest BCUT2D eigenvalue weighted by atomic mass is 35.5. The number of amides is 2. The van der Waals surface area contributed by atoms with Crippen molar-refractivity contribution in [1.82, 2.24) is 10.6 Å². The predicted octanol–water partition coefficient (Wildman–Crippen LogP) is 4.61. The lowest BCUT2D eigenvalue weighted by molar-refractivity contribution is -0.120. The van der Waals surface area contributed by atoms with Gasteiger partial charge in [-0.05, 0) is 41.8 Å². The minimum Gasteiger partial charge on any atom is -0.348 e. The summed E-state index contributed by atoms with van der Waals surface area (Å²) in [6.07, 6.45) is 0. The van der Waals surface area contributed by atoms with Gasteiger partial charge < -0.3 is 10.6 Å². The normalized spacial score (nSPS) is 11.5. The number of rotatable bonds is 6. The number of carbonyl (C=O) groups is 2. The monoisotopic (exact) mass is 392 g/mol. The van der Waals surface area contributed by atoms with E-state index in [9.17, 15) is 9.59 Å². The molecule has 2 N–H and O–H groups in total. The minimum atomic E-state index is -0.292. The Bertz CT molecular complexity index is 956. The lowest BCUT2D eigenvalue weighted by Crippen LogP contribution is -2.38. The average Bonchev–Trinajstić information content (AvgIpc) is 2.73. The van der Waals surface area contributed by atoms with E-state index < -0.39 is 0 Å². The third kappa shape index (κ3) is 4.99. The molecule has 0 radical (unpaired) electrons. The van der Waals surface area contributed by atoms with Crippen molar-refractivity contribution in [2.24, 2.45) is 0 Å². The van der Waals surface area contributed by atoms with Gasteiger partial charge in [0.05, 0.1) is 12.6 Å². The smallest absolute Gasteiger partial charge is 0.251 e. The summed E-state index contributed by atoms with van der Waals surface area (Å²) in [4.78, 5) is 24.4. The highest BCUT2D eigenvalue weighted by molar-refractivity contribution is 6.31. The average molecular weight is 393 g/mol. The number of hydrogen-bond donors (Lipinski definition) is 2. The fraction of sp³-hybridized carbons (Fsp3) is 0.130. The molecule has 0 fully saturated rings. The molecule has 0 bridgehead atoms. The SMILES string of the molecule is CC(NC(=O)CNC(=O)c1ccc(-c2ccccc2)cc1)c1ccccc1Cl. The van der Waals surface area contributed by atoms with Gasteiger partial charge in [0.2, 0.25) is 5.91 Å². The van der Waals surface area contributed by atoms with Crippen LogP contribution in [0.1, 0.15) is 28.9 Å². The van der Waals surface area contributed by atoms with E-state index in [4.69, 9.17) is 11.6 Å². The van der Waals surface area contributed by atoms with Gasteiger partial charge in [-0.25, -0.2) is 0 Å². The molecule has 1 unspecified atom stereocenters. The van der Waals surface area contributed by atoms with Crippen molar-refractivity contribution < 1.29 is 9.59 Å². The Morgan fingerprint density at radius 1 is 0.857 bits per heavy atom. The fourth-order valence-electron chi connectivity index (χ4n) is 2.90. The Morgan fingerprint density at radius 2 is 1.46 bits per heavy atom. The summed E-state index contributed by atoms with van der Waals surface area (Å²) in [5, 5.41) is 6.08. The first-order valence-electron chi connectivity index (χ1n) is 9.02. The quantitative estimate of drug-likeness (QED) is 0.643. The van der Waals surface area contributed by atoms with Gasteiger partial charge in [-0.1, -0.05) is 72.3 Å². The lowest BCUT2D eigenvalue weighted by atomic mass is 10.0. The van der Waals surface area contributed by atoms with Crippen molar-refractivity contribution in [3.05, 3.63) is 95.0 Å². The molecule has 3 aromatic rings. The van der Waals surface area contributed by atoms with Gasteiger partial charge in [0.25, 0.3) is 5.91 Å². The maximum atomic E-state index is 12.3. The minimum absolute atomic E-state index is 0.103. The number of benzene rings is 3. The molecule has 3 rings (SSSR count). The maximum Gasteiger partial charge on any atom is 0.251 e. The fourth-order valence-corrected chi connectivity index (χ4v) is 3.20. The molecule has 28 heavy (non-hydrogen) atoms. The van der Waals surface area contributed by atoms with Gasteiger partial charge >= 0.3 is 0 Å². The van der Waals surface area contributed by atoms with Crippen LogP contribution in [0.5, 0.6) is 0 Å². The Balaban J connectivity index is 1.53. The van der Waals surface area contributed by atoms with Crippen LogP contribution in [-0.4, -0.2) is 18.4 Å². The van der Waals surface area contributed by atoms with Crippen LogP contribution >= 0.6 is 11.6 Å². The predicted molar refractivity (Wildman–Crippen MR) is 112 cm³/mol. The second-order valence-electron chi connectivity index (χ2n) is 6.44. The Hall–Kier alpha value is -3.11. The first-order chi connectivity index (χ1) is 13.5. The molecule has 142 valence electrons. The van der Waals surface area contributed by atoms with E-state index in [0.717, 1.165) is 16.7 Å². The summed E-state index contributed by atoms with van der Waals surface area (Å²) >= 11 is 6.15. The van der Waals surface area contributed by atoms with Crippen LogP contribution in [-0.2, 0) is 4.79 Å². The zero-order valence-corrected chi connectivity index (χ0v) is 16.2. The second kappa shape index (κ2) is 9.20. The van der Waals surface area contributed by atoms with E-state index in [-0.39, 0.29) is 24.4 Å². The van der Waals surface area contributed by atoms with Crippen LogP contribution in [0, 0.1) is 0 Å². The van der Waals surface area contributed by atoms with Gasteiger partial charge in [0.15, 0.2) is 0 Å². The molecule has 5 heteroatoms. The van der Waals surface area contributed by atoms with Crippen LogP contribution < -0.4 is 10.6 Å². The molecule has 2 amide bonds. The first kappa shape index (κ1) is 19.6. The summed E-state index contributed by atoms with van der Waals surface area (Å²) in [5.74, 6) is -0.568. The van der Waals surface area contributed by atoms with Crippen molar-refractivity contribution in [3.8, 4) is 11.1 Å². The standard InChI is InChI=1S/C23H21ClN2O2/c1-16(20-9-5-6-10-21(20)24)26-22(27)15-25-23(28)19-13-11-18(12-14-19)17-7-3-2-4-8-17/h2-14,16H,15H2,1H3,(H,25,28)(H,26,27). The Kier molecular flexibility index (Phi) is 6.45. The zero-order chi connectivity index (χ0) is 19.9. The molecule has 0 saturated heterocycles. The van der Waals surface area contributed by atoms with E-state index in [1.54, 1.807) is 18.2 Å². The topological polar surface area (TPSA) is 58.2 Å². The summed E-state index contributed by atoms with van der Waals surface area (Å²) < 4.78 is 0. The lowest BCUT2D eigenvalue weighted by Gasteiger charge is -2.16. The van der Waals surface area contributed by atoms with Gasteiger partial charge in [-0.15, -0.1) is 0 Å². The Labute approximate surface area is 169 Å². The maximum absolute atomic E-state index is 12.3. The second-order valence-corrected chi connectivity index (χ2v) is 6.84. The highest BCUT2D eigenvalue weighted by Crippen LogP contribution is 2.22. The number of hydrogen-bond acceptors (Lipinski definition) is 2. The van der Waals surface area contributed by atoms with Gasteiger partial charge in [-0.2, -0.15) is 0 Å². The van der Waals surface area contributed by atoms with Gasteiger partial charge in [-0.3, -0.25) is 9.59 Å². The van der Waals surface area contributed by atoms with E-state index in [0.29, 0.717) is 10.6 Å². The van der Waals surface area contributed by atoms with Gasteiger partial charge in [0, 0.05) is 10.6 Å². The molecule has 3 aromatic carbocycles. The molecule has 0 aliphatic carbocycles. The molecule has 0 aromatic heterocycles. The summed E-state index contributed by atoms with van der Waals surface area (Å²) in [5.41, 5.74) is 3.46. The zero-order valence-electron chi connectivity index (χ0n) is 15.5. The molecule has 0 heterocycles. The molecular weight excluding hydrogens is 372 g/mol. The molecule has 0 aliphatic rings. The van der Waals surface area contributed by atoms with Crippen LogP contribution in [0.25, 0.3) is 11.1 Å². The summed E-state index contributed by atoms with van der Waals surface area (Å²) in [6, 6.07) is 24.3. The van der Waals surface area contributed by atoms with E-state index in [1.807, 2.05) is 67.6 Å². The van der Waals surface area contributed by atoms with Crippen molar-refractivity contribution in [2.75, 3.05) is 6.54 Å². The van der Waals surface area contributed by atoms with E-state index in [1.165, 1.54) is 0 Å². The number of nitrogens with one attached hydrogen (secondary N) is 2.